The van der Waals surface area contributed by atoms with Crippen molar-refractivity contribution in [2.45, 2.75) is 26.2 Å². The molecule has 1 aliphatic heterocycles. The standard InChI is InChI=1S/C18H22N4O2/c1-13-11-16(22-9-4-3-5-10-22)21-18(19-13)20-15-8-6-7-14(12-15)17(23)24-2/h6-8,11-12H,3-5,9-10H2,1-2H3,(H,19,20,21). The Morgan fingerprint density at radius 1 is 1.17 bits per heavy atom. The molecule has 0 aliphatic carbocycles. The summed E-state index contributed by atoms with van der Waals surface area (Å²) >= 11 is 0. The molecule has 24 heavy (non-hydrogen) atoms. The number of esters is 1. The van der Waals surface area contributed by atoms with Gasteiger partial charge in [-0.05, 0) is 44.4 Å². The molecule has 1 saturated heterocycles. The minimum Gasteiger partial charge on any atom is -0.465 e. The summed E-state index contributed by atoms with van der Waals surface area (Å²) in [6, 6.07) is 9.14. The molecule has 1 aromatic heterocycles. The van der Waals surface area contributed by atoms with E-state index >= 15 is 0 Å². The van der Waals surface area contributed by atoms with E-state index in [4.69, 9.17) is 4.74 Å². The second-order valence-corrected chi connectivity index (χ2v) is 5.94. The van der Waals surface area contributed by atoms with Gasteiger partial charge in [0.25, 0.3) is 0 Å². The van der Waals surface area contributed by atoms with E-state index in [1.807, 2.05) is 19.1 Å². The Labute approximate surface area is 141 Å². The Kier molecular flexibility index (Phi) is 4.93. The maximum absolute atomic E-state index is 11.6. The van der Waals surface area contributed by atoms with Crippen molar-refractivity contribution in [2.75, 3.05) is 30.4 Å². The molecule has 2 heterocycles. The molecular weight excluding hydrogens is 304 g/mol. The number of rotatable bonds is 4. The van der Waals surface area contributed by atoms with Crippen molar-refractivity contribution in [3.05, 3.63) is 41.6 Å². The number of ether oxygens (including phenoxy) is 1. The van der Waals surface area contributed by atoms with Gasteiger partial charge in [-0.15, -0.1) is 0 Å². The first-order valence-corrected chi connectivity index (χ1v) is 8.22. The number of benzene rings is 1. The second kappa shape index (κ2) is 7.29. The van der Waals surface area contributed by atoms with E-state index in [9.17, 15) is 4.79 Å². The fourth-order valence-electron chi connectivity index (χ4n) is 2.86. The summed E-state index contributed by atoms with van der Waals surface area (Å²) < 4.78 is 4.75. The lowest BCUT2D eigenvalue weighted by Crippen LogP contribution is -2.30. The quantitative estimate of drug-likeness (QED) is 0.870. The highest BCUT2D eigenvalue weighted by atomic mass is 16.5. The lowest BCUT2D eigenvalue weighted by Gasteiger charge is -2.28. The molecule has 0 spiro atoms. The zero-order valence-corrected chi connectivity index (χ0v) is 14.1. The van der Waals surface area contributed by atoms with Gasteiger partial charge in [-0.3, -0.25) is 0 Å². The van der Waals surface area contributed by atoms with Crippen LogP contribution < -0.4 is 10.2 Å². The predicted molar refractivity (Wildman–Crippen MR) is 93.9 cm³/mol. The lowest BCUT2D eigenvalue weighted by molar-refractivity contribution is 0.0601. The molecule has 1 aliphatic rings. The fourth-order valence-corrected chi connectivity index (χ4v) is 2.86. The molecule has 0 atom stereocenters. The van der Waals surface area contributed by atoms with Gasteiger partial charge in [-0.2, -0.15) is 4.98 Å². The molecule has 6 heteroatoms. The number of aromatic nitrogens is 2. The van der Waals surface area contributed by atoms with Crippen molar-refractivity contribution in [1.82, 2.24) is 9.97 Å². The summed E-state index contributed by atoms with van der Waals surface area (Å²) in [5.74, 6) is 1.13. The molecule has 0 saturated carbocycles. The Morgan fingerprint density at radius 3 is 2.71 bits per heavy atom. The van der Waals surface area contributed by atoms with Crippen LogP contribution in [0.25, 0.3) is 0 Å². The van der Waals surface area contributed by atoms with Gasteiger partial charge in [-0.25, -0.2) is 9.78 Å². The third kappa shape index (κ3) is 3.82. The highest BCUT2D eigenvalue weighted by Crippen LogP contribution is 2.22. The van der Waals surface area contributed by atoms with Crippen molar-refractivity contribution in [3.8, 4) is 0 Å². The van der Waals surface area contributed by atoms with Crippen LogP contribution in [-0.4, -0.2) is 36.1 Å². The smallest absolute Gasteiger partial charge is 0.337 e. The summed E-state index contributed by atoms with van der Waals surface area (Å²) in [7, 11) is 1.37. The molecule has 2 aromatic rings. The van der Waals surface area contributed by atoms with Gasteiger partial charge in [0.05, 0.1) is 12.7 Å². The molecule has 3 rings (SSSR count). The van der Waals surface area contributed by atoms with Crippen molar-refractivity contribution in [2.24, 2.45) is 0 Å². The molecule has 1 N–H and O–H groups in total. The predicted octanol–water partition coefficient (Wildman–Crippen LogP) is 3.31. The molecule has 0 bridgehead atoms. The van der Waals surface area contributed by atoms with Crippen molar-refractivity contribution >= 4 is 23.4 Å². The second-order valence-electron chi connectivity index (χ2n) is 5.94. The topological polar surface area (TPSA) is 67.3 Å². The monoisotopic (exact) mass is 326 g/mol. The average Bonchev–Trinajstić information content (AvgIpc) is 2.61. The van der Waals surface area contributed by atoms with Crippen LogP contribution in [0.1, 0.15) is 35.3 Å². The van der Waals surface area contributed by atoms with Crippen LogP contribution in [0.15, 0.2) is 30.3 Å². The highest BCUT2D eigenvalue weighted by Gasteiger charge is 2.14. The number of nitrogens with one attached hydrogen (secondary N) is 1. The number of nitrogens with zero attached hydrogens (tertiary/aromatic N) is 3. The number of methoxy groups -OCH3 is 1. The Hall–Kier alpha value is -2.63. The first kappa shape index (κ1) is 16.2. The lowest BCUT2D eigenvalue weighted by atomic mass is 10.1. The number of hydrogen-bond acceptors (Lipinski definition) is 6. The summed E-state index contributed by atoms with van der Waals surface area (Å²) in [4.78, 5) is 23.0. The number of hydrogen-bond donors (Lipinski definition) is 1. The molecule has 0 unspecified atom stereocenters. The van der Waals surface area contributed by atoms with Crippen LogP contribution in [0.3, 0.4) is 0 Å². The minimum absolute atomic E-state index is 0.363. The van der Waals surface area contributed by atoms with E-state index in [1.54, 1.807) is 18.2 Å². The maximum atomic E-state index is 11.6. The normalized spacial score (nSPS) is 14.3. The summed E-state index contributed by atoms with van der Waals surface area (Å²) in [6.45, 7) is 4.03. The average molecular weight is 326 g/mol. The van der Waals surface area contributed by atoms with E-state index in [0.717, 1.165) is 30.3 Å². The van der Waals surface area contributed by atoms with E-state index < -0.39 is 0 Å². The van der Waals surface area contributed by atoms with E-state index in [1.165, 1.54) is 26.4 Å². The van der Waals surface area contributed by atoms with Gasteiger partial charge in [-0.1, -0.05) is 6.07 Å². The largest absolute Gasteiger partial charge is 0.465 e. The molecule has 0 amide bonds. The van der Waals surface area contributed by atoms with Crippen molar-refractivity contribution in [1.29, 1.82) is 0 Å². The summed E-state index contributed by atoms with van der Waals surface area (Å²) in [5, 5.41) is 3.19. The fraction of sp³-hybridized carbons (Fsp3) is 0.389. The maximum Gasteiger partial charge on any atom is 0.337 e. The van der Waals surface area contributed by atoms with E-state index in [2.05, 4.69) is 20.2 Å². The third-order valence-corrected chi connectivity index (χ3v) is 4.06. The summed E-state index contributed by atoms with van der Waals surface area (Å²) in [5.41, 5.74) is 2.16. The number of anilines is 3. The zero-order valence-electron chi connectivity index (χ0n) is 14.1. The van der Waals surface area contributed by atoms with E-state index in [0.29, 0.717) is 11.5 Å². The van der Waals surface area contributed by atoms with Crippen LogP contribution in [0, 0.1) is 6.92 Å². The third-order valence-electron chi connectivity index (χ3n) is 4.06. The Morgan fingerprint density at radius 2 is 1.96 bits per heavy atom. The highest BCUT2D eigenvalue weighted by molar-refractivity contribution is 5.90. The molecule has 1 aromatic carbocycles. The number of carbonyl (C=O) groups is 1. The number of piperidine rings is 1. The van der Waals surface area contributed by atoms with Crippen molar-refractivity contribution in [3.63, 3.8) is 0 Å². The molecule has 1 fully saturated rings. The van der Waals surface area contributed by atoms with Gasteiger partial charge in [0.1, 0.15) is 5.82 Å². The molecule has 6 nitrogen and oxygen atoms in total. The Bertz CT molecular complexity index is 727. The van der Waals surface area contributed by atoms with Crippen LogP contribution in [0.5, 0.6) is 0 Å². The zero-order chi connectivity index (χ0) is 16.9. The van der Waals surface area contributed by atoms with Crippen LogP contribution in [-0.2, 0) is 4.74 Å². The van der Waals surface area contributed by atoms with Gasteiger partial charge >= 0.3 is 5.97 Å². The van der Waals surface area contributed by atoms with Gasteiger partial charge in [0, 0.05) is 30.5 Å². The van der Waals surface area contributed by atoms with Gasteiger partial charge < -0.3 is 15.0 Å². The molecule has 126 valence electrons. The van der Waals surface area contributed by atoms with E-state index in [-0.39, 0.29) is 5.97 Å². The first-order chi connectivity index (χ1) is 11.7. The van der Waals surface area contributed by atoms with Crippen LogP contribution >= 0.6 is 0 Å². The first-order valence-electron chi connectivity index (χ1n) is 8.22. The number of carbonyl (C=O) groups excluding carboxylic acids is 1. The van der Waals surface area contributed by atoms with Crippen LogP contribution in [0.4, 0.5) is 17.5 Å². The molecular formula is C18H22N4O2. The SMILES string of the molecule is COC(=O)c1cccc(Nc2nc(C)cc(N3CCCCC3)n2)c1. The molecule has 0 radical (unpaired) electrons. The Balaban J connectivity index is 1.82. The summed E-state index contributed by atoms with van der Waals surface area (Å²) in [6.07, 6.45) is 3.69. The van der Waals surface area contributed by atoms with Gasteiger partial charge in [0.15, 0.2) is 0 Å². The van der Waals surface area contributed by atoms with Crippen molar-refractivity contribution < 1.29 is 9.53 Å². The number of aryl methyl sites for hydroxylation is 1. The minimum atomic E-state index is -0.363. The van der Waals surface area contributed by atoms with Gasteiger partial charge in [0.2, 0.25) is 5.95 Å². The van der Waals surface area contributed by atoms with Crippen LogP contribution in [0.2, 0.25) is 0 Å².